The monoisotopic (exact) mass is 331 g/mol. The maximum Gasteiger partial charge on any atom is 0.266 e. The first-order valence-corrected chi connectivity index (χ1v) is 8.65. The third kappa shape index (κ3) is 3.70. The number of hydrogen-bond acceptors (Lipinski definition) is 4. The van der Waals surface area contributed by atoms with Gasteiger partial charge in [-0.1, -0.05) is 13.0 Å². The van der Waals surface area contributed by atoms with E-state index in [-0.39, 0.29) is 18.2 Å². The quantitative estimate of drug-likeness (QED) is 0.861. The molecule has 0 aliphatic carbocycles. The van der Waals surface area contributed by atoms with E-state index in [1.807, 2.05) is 25.1 Å². The molecule has 2 N–H and O–H groups in total. The average Bonchev–Trinajstić information content (AvgIpc) is 3.01. The van der Waals surface area contributed by atoms with E-state index in [1.54, 1.807) is 0 Å². The van der Waals surface area contributed by atoms with Crippen LogP contribution in [0.3, 0.4) is 0 Å². The standard InChI is InChI=1S/C18H25N3O3/c1-3-21-8-4-5-13(21)11-19-17(22)10-16-18(23)20-14-9-12(2)6-7-15(14)24-16/h6-7,9,13,16H,3-5,8,10-11H2,1-2H3,(H,19,22)(H,20,23). The number of rotatable bonds is 5. The molecular weight excluding hydrogens is 306 g/mol. The first-order chi connectivity index (χ1) is 11.6. The normalized spacial score (nSPS) is 23.3. The molecule has 1 aromatic rings. The number of amides is 2. The van der Waals surface area contributed by atoms with Crippen molar-refractivity contribution in [1.82, 2.24) is 10.2 Å². The van der Waals surface area contributed by atoms with Crippen molar-refractivity contribution in [2.24, 2.45) is 0 Å². The fraction of sp³-hybridized carbons (Fsp3) is 0.556. The zero-order chi connectivity index (χ0) is 17.1. The van der Waals surface area contributed by atoms with Gasteiger partial charge in [-0.2, -0.15) is 0 Å². The van der Waals surface area contributed by atoms with Crippen molar-refractivity contribution in [2.75, 3.05) is 25.0 Å². The number of fused-ring (bicyclic) bond motifs is 1. The first-order valence-electron chi connectivity index (χ1n) is 8.65. The third-order valence-electron chi connectivity index (χ3n) is 4.77. The lowest BCUT2D eigenvalue weighted by atomic mass is 10.1. The molecule has 0 bridgehead atoms. The van der Waals surface area contributed by atoms with Crippen LogP contribution < -0.4 is 15.4 Å². The molecule has 0 spiro atoms. The van der Waals surface area contributed by atoms with Gasteiger partial charge in [0, 0.05) is 12.6 Å². The van der Waals surface area contributed by atoms with Gasteiger partial charge in [-0.3, -0.25) is 14.5 Å². The van der Waals surface area contributed by atoms with Crippen LogP contribution in [0.5, 0.6) is 5.75 Å². The second-order valence-corrected chi connectivity index (χ2v) is 6.53. The van der Waals surface area contributed by atoms with Gasteiger partial charge in [-0.05, 0) is 50.6 Å². The van der Waals surface area contributed by atoms with Crippen molar-refractivity contribution in [1.29, 1.82) is 0 Å². The number of nitrogens with zero attached hydrogens (tertiary/aromatic N) is 1. The minimum absolute atomic E-state index is 0.0397. The summed E-state index contributed by atoms with van der Waals surface area (Å²) in [5.74, 6) is 0.207. The van der Waals surface area contributed by atoms with Crippen LogP contribution in [0.2, 0.25) is 0 Å². The summed E-state index contributed by atoms with van der Waals surface area (Å²) < 4.78 is 5.70. The predicted octanol–water partition coefficient (Wildman–Crippen LogP) is 1.69. The minimum Gasteiger partial charge on any atom is -0.478 e. The van der Waals surface area contributed by atoms with Crippen LogP contribution in [0, 0.1) is 6.92 Å². The lowest BCUT2D eigenvalue weighted by Gasteiger charge is -2.26. The molecule has 2 aliphatic heterocycles. The van der Waals surface area contributed by atoms with Crippen LogP contribution in [-0.2, 0) is 9.59 Å². The molecule has 2 atom stereocenters. The van der Waals surface area contributed by atoms with E-state index < -0.39 is 6.10 Å². The van der Waals surface area contributed by atoms with Gasteiger partial charge >= 0.3 is 0 Å². The van der Waals surface area contributed by atoms with Gasteiger partial charge in [-0.15, -0.1) is 0 Å². The van der Waals surface area contributed by atoms with Gasteiger partial charge in [0.15, 0.2) is 6.10 Å². The zero-order valence-corrected chi connectivity index (χ0v) is 14.3. The molecule has 3 rings (SSSR count). The highest BCUT2D eigenvalue weighted by Crippen LogP contribution is 2.31. The summed E-state index contributed by atoms with van der Waals surface area (Å²) in [6.45, 7) is 6.83. The lowest BCUT2D eigenvalue weighted by Crippen LogP contribution is -2.44. The largest absolute Gasteiger partial charge is 0.478 e. The van der Waals surface area contributed by atoms with E-state index in [9.17, 15) is 9.59 Å². The summed E-state index contributed by atoms with van der Waals surface area (Å²) >= 11 is 0. The molecule has 0 saturated carbocycles. The van der Waals surface area contributed by atoms with Crippen molar-refractivity contribution in [3.8, 4) is 5.75 Å². The Labute approximate surface area is 142 Å². The molecule has 6 nitrogen and oxygen atoms in total. The molecule has 1 saturated heterocycles. The highest BCUT2D eigenvalue weighted by atomic mass is 16.5. The fourth-order valence-electron chi connectivity index (χ4n) is 3.41. The van der Waals surface area contributed by atoms with E-state index in [1.165, 1.54) is 6.42 Å². The number of anilines is 1. The Balaban J connectivity index is 1.53. The number of carbonyl (C=O) groups excluding carboxylic acids is 2. The molecule has 0 radical (unpaired) electrons. The molecule has 2 unspecified atom stereocenters. The number of likely N-dealkylation sites (tertiary alicyclic amines) is 1. The zero-order valence-electron chi connectivity index (χ0n) is 14.3. The molecular formula is C18H25N3O3. The molecule has 2 aliphatic rings. The van der Waals surface area contributed by atoms with Crippen molar-refractivity contribution < 1.29 is 14.3 Å². The first kappa shape index (κ1) is 16.8. The Hall–Kier alpha value is -2.08. The highest BCUT2D eigenvalue weighted by molar-refractivity contribution is 6.00. The van der Waals surface area contributed by atoms with Crippen molar-refractivity contribution in [2.45, 2.75) is 45.3 Å². The van der Waals surface area contributed by atoms with Crippen LogP contribution in [0.15, 0.2) is 18.2 Å². The molecule has 6 heteroatoms. The minimum atomic E-state index is -0.772. The van der Waals surface area contributed by atoms with Crippen LogP contribution in [0.4, 0.5) is 5.69 Å². The summed E-state index contributed by atoms with van der Waals surface area (Å²) in [6, 6.07) is 6.02. The van der Waals surface area contributed by atoms with Gasteiger partial charge in [0.1, 0.15) is 5.75 Å². The Morgan fingerprint density at radius 1 is 1.46 bits per heavy atom. The van der Waals surface area contributed by atoms with Crippen LogP contribution in [0.25, 0.3) is 0 Å². The van der Waals surface area contributed by atoms with E-state index in [2.05, 4.69) is 22.5 Å². The van der Waals surface area contributed by atoms with Gasteiger partial charge < -0.3 is 15.4 Å². The molecule has 0 aromatic heterocycles. The van der Waals surface area contributed by atoms with Crippen LogP contribution in [0.1, 0.15) is 31.7 Å². The van der Waals surface area contributed by atoms with E-state index in [0.29, 0.717) is 24.0 Å². The topological polar surface area (TPSA) is 70.7 Å². The Bertz CT molecular complexity index is 632. The van der Waals surface area contributed by atoms with Crippen molar-refractivity contribution >= 4 is 17.5 Å². The van der Waals surface area contributed by atoms with E-state index >= 15 is 0 Å². The molecule has 1 aromatic carbocycles. The van der Waals surface area contributed by atoms with Crippen molar-refractivity contribution in [3.63, 3.8) is 0 Å². The number of hydrogen-bond donors (Lipinski definition) is 2. The fourth-order valence-corrected chi connectivity index (χ4v) is 3.41. The number of ether oxygens (including phenoxy) is 1. The summed E-state index contributed by atoms with van der Waals surface area (Å²) in [6.07, 6.45) is 1.56. The number of likely N-dealkylation sites (N-methyl/N-ethyl adjacent to an activating group) is 1. The second kappa shape index (κ2) is 7.21. The van der Waals surface area contributed by atoms with Crippen molar-refractivity contribution in [3.05, 3.63) is 23.8 Å². The Kier molecular flexibility index (Phi) is 5.04. The van der Waals surface area contributed by atoms with Gasteiger partial charge in [0.05, 0.1) is 12.1 Å². The molecule has 2 amide bonds. The SMILES string of the molecule is CCN1CCCC1CNC(=O)CC1Oc2ccc(C)cc2NC1=O. The second-order valence-electron chi connectivity index (χ2n) is 6.53. The molecule has 24 heavy (non-hydrogen) atoms. The summed E-state index contributed by atoms with van der Waals surface area (Å²) in [5.41, 5.74) is 1.71. The summed E-state index contributed by atoms with van der Waals surface area (Å²) in [4.78, 5) is 26.7. The Morgan fingerprint density at radius 3 is 3.08 bits per heavy atom. The summed E-state index contributed by atoms with van der Waals surface area (Å²) in [5, 5.41) is 5.77. The smallest absolute Gasteiger partial charge is 0.266 e. The Morgan fingerprint density at radius 2 is 2.29 bits per heavy atom. The predicted molar refractivity (Wildman–Crippen MR) is 92.1 cm³/mol. The number of aryl methyl sites for hydroxylation is 1. The van der Waals surface area contributed by atoms with Gasteiger partial charge in [0.2, 0.25) is 5.91 Å². The molecule has 1 fully saturated rings. The number of benzene rings is 1. The average molecular weight is 331 g/mol. The number of carbonyl (C=O) groups is 2. The maximum absolute atomic E-state index is 12.2. The molecule has 2 heterocycles. The lowest BCUT2D eigenvalue weighted by molar-refractivity contribution is -0.130. The summed E-state index contributed by atoms with van der Waals surface area (Å²) in [7, 11) is 0. The maximum atomic E-state index is 12.2. The van der Waals surface area contributed by atoms with Gasteiger partial charge in [-0.25, -0.2) is 0 Å². The molecule has 130 valence electrons. The number of nitrogens with one attached hydrogen (secondary N) is 2. The third-order valence-corrected chi connectivity index (χ3v) is 4.77. The van der Waals surface area contributed by atoms with Crippen LogP contribution >= 0.6 is 0 Å². The van der Waals surface area contributed by atoms with E-state index in [0.717, 1.165) is 25.1 Å². The van der Waals surface area contributed by atoms with Crippen LogP contribution in [-0.4, -0.2) is 48.5 Å². The van der Waals surface area contributed by atoms with E-state index in [4.69, 9.17) is 4.74 Å². The van der Waals surface area contributed by atoms with Gasteiger partial charge in [0.25, 0.3) is 5.91 Å². The highest BCUT2D eigenvalue weighted by Gasteiger charge is 2.30.